The summed E-state index contributed by atoms with van der Waals surface area (Å²) in [5.41, 5.74) is 4.42. The number of carbonyl (C=O) groups excluding carboxylic acids is 3. The van der Waals surface area contributed by atoms with Crippen molar-refractivity contribution >= 4 is 50.7 Å². The molecule has 0 fully saturated rings. The van der Waals surface area contributed by atoms with Crippen LogP contribution in [0.5, 0.6) is 0 Å². The van der Waals surface area contributed by atoms with Gasteiger partial charge in [-0.05, 0) is 37.3 Å². The molecule has 1 atom stereocenters. The number of benzene rings is 2. The Kier molecular flexibility index (Phi) is 5.48. The SMILES string of the molecule is CC(=O)OCC1CCCn2cc(c3ccccc32)C2=C(C(=O)NC2=O)c2cn(c3ccccc23)CC1. The van der Waals surface area contributed by atoms with Crippen molar-refractivity contribution in [3.05, 3.63) is 72.1 Å². The van der Waals surface area contributed by atoms with Gasteiger partial charge < -0.3 is 13.9 Å². The fourth-order valence-corrected chi connectivity index (χ4v) is 5.65. The molecule has 36 heavy (non-hydrogen) atoms. The standard InChI is InChI=1S/C29H27N3O4/c1-18(33)36-17-19-7-6-13-31-15-22(20-8-2-4-10-24(20)31)26-27(29(35)30-28(26)34)23-16-32(14-12-19)25-11-5-3-9-21(23)25/h2-5,8-11,15-16,19H,6-7,12-14,17H2,1H3,(H,30,34,35). The summed E-state index contributed by atoms with van der Waals surface area (Å²) in [6.07, 6.45) is 6.64. The molecule has 2 aromatic heterocycles. The predicted molar refractivity (Wildman–Crippen MR) is 138 cm³/mol. The Hall–Kier alpha value is -4.13. The van der Waals surface area contributed by atoms with Crippen LogP contribution in [-0.2, 0) is 32.2 Å². The lowest BCUT2D eigenvalue weighted by atomic mass is 9.95. The van der Waals surface area contributed by atoms with Gasteiger partial charge in [0.25, 0.3) is 11.8 Å². The van der Waals surface area contributed by atoms with Crippen LogP contribution in [0.3, 0.4) is 0 Å². The average molecular weight is 482 g/mol. The molecule has 0 aliphatic carbocycles. The van der Waals surface area contributed by atoms with Gasteiger partial charge in [-0.15, -0.1) is 0 Å². The van der Waals surface area contributed by atoms with Crippen LogP contribution in [0.25, 0.3) is 33.0 Å². The van der Waals surface area contributed by atoms with E-state index in [0.717, 1.165) is 65.3 Å². The molecule has 0 saturated heterocycles. The number of hydrogen-bond donors (Lipinski definition) is 1. The van der Waals surface area contributed by atoms with Crippen molar-refractivity contribution in [1.82, 2.24) is 14.5 Å². The molecule has 4 heterocycles. The summed E-state index contributed by atoms with van der Waals surface area (Å²) in [7, 11) is 0. The van der Waals surface area contributed by atoms with Crippen molar-refractivity contribution < 1.29 is 19.1 Å². The summed E-state index contributed by atoms with van der Waals surface area (Å²) in [5.74, 6) is -0.771. The number of nitrogens with one attached hydrogen (secondary N) is 1. The molecular formula is C29H27N3O4. The molecule has 1 N–H and O–H groups in total. The summed E-state index contributed by atoms with van der Waals surface area (Å²) in [5, 5.41) is 4.44. The van der Waals surface area contributed by atoms with Gasteiger partial charge in [0.1, 0.15) is 0 Å². The number of fused-ring (bicyclic) bond motifs is 12. The lowest BCUT2D eigenvalue weighted by Crippen LogP contribution is -2.22. The van der Waals surface area contributed by atoms with Crippen LogP contribution < -0.4 is 5.32 Å². The van der Waals surface area contributed by atoms with Gasteiger partial charge in [-0.3, -0.25) is 19.7 Å². The van der Waals surface area contributed by atoms with E-state index in [1.165, 1.54) is 6.92 Å². The Bertz CT molecular complexity index is 1570. The second-order valence-corrected chi connectivity index (χ2v) is 9.64. The lowest BCUT2D eigenvalue weighted by Gasteiger charge is -2.18. The topological polar surface area (TPSA) is 82.3 Å². The van der Waals surface area contributed by atoms with Crippen molar-refractivity contribution in [2.75, 3.05) is 6.61 Å². The van der Waals surface area contributed by atoms with Crippen molar-refractivity contribution in [2.45, 2.75) is 39.3 Å². The van der Waals surface area contributed by atoms with Gasteiger partial charge in [0.2, 0.25) is 0 Å². The second kappa shape index (κ2) is 8.82. The molecule has 4 aromatic rings. The Morgan fingerprint density at radius 1 is 0.861 bits per heavy atom. The third-order valence-electron chi connectivity index (χ3n) is 7.36. The molecule has 7 heteroatoms. The summed E-state index contributed by atoms with van der Waals surface area (Å²) in [6.45, 7) is 3.33. The highest BCUT2D eigenvalue weighted by Gasteiger charge is 2.35. The summed E-state index contributed by atoms with van der Waals surface area (Å²) < 4.78 is 9.73. The van der Waals surface area contributed by atoms with E-state index in [1.54, 1.807) is 0 Å². The first-order chi connectivity index (χ1) is 17.5. The largest absolute Gasteiger partial charge is 0.466 e. The van der Waals surface area contributed by atoms with Gasteiger partial charge in [-0.2, -0.15) is 0 Å². The molecule has 7 nitrogen and oxygen atoms in total. The number of ether oxygens (including phenoxy) is 1. The van der Waals surface area contributed by atoms with E-state index in [-0.39, 0.29) is 23.7 Å². The molecule has 6 rings (SSSR count). The third-order valence-corrected chi connectivity index (χ3v) is 7.36. The Morgan fingerprint density at radius 3 is 2.00 bits per heavy atom. The fraction of sp³-hybridized carbons (Fsp3) is 0.276. The van der Waals surface area contributed by atoms with Gasteiger partial charge in [0.05, 0.1) is 17.8 Å². The van der Waals surface area contributed by atoms with Crippen LogP contribution in [0.1, 0.15) is 37.3 Å². The molecular weight excluding hydrogens is 454 g/mol. The normalized spacial score (nSPS) is 18.3. The fourth-order valence-electron chi connectivity index (χ4n) is 5.65. The molecule has 2 aliphatic rings. The average Bonchev–Trinajstić information content (AvgIpc) is 3.50. The monoisotopic (exact) mass is 481 g/mol. The van der Waals surface area contributed by atoms with Gasteiger partial charge in [0, 0.05) is 65.3 Å². The highest BCUT2D eigenvalue weighted by atomic mass is 16.5. The van der Waals surface area contributed by atoms with Crippen LogP contribution >= 0.6 is 0 Å². The number of rotatable bonds is 2. The number of hydrogen-bond acceptors (Lipinski definition) is 4. The molecule has 4 bridgehead atoms. The minimum atomic E-state index is -0.366. The van der Waals surface area contributed by atoms with Crippen LogP contribution in [0.15, 0.2) is 60.9 Å². The Morgan fingerprint density at radius 2 is 1.42 bits per heavy atom. The van der Waals surface area contributed by atoms with Crippen molar-refractivity contribution in [3.8, 4) is 0 Å². The van der Waals surface area contributed by atoms with E-state index in [4.69, 9.17) is 4.74 Å². The van der Waals surface area contributed by atoms with E-state index in [2.05, 4.69) is 14.5 Å². The number of amides is 2. The van der Waals surface area contributed by atoms with Crippen LogP contribution in [0.2, 0.25) is 0 Å². The number of carbonyl (C=O) groups is 3. The zero-order valence-electron chi connectivity index (χ0n) is 20.1. The van der Waals surface area contributed by atoms with E-state index >= 15 is 0 Å². The van der Waals surface area contributed by atoms with Crippen LogP contribution in [0, 0.1) is 5.92 Å². The maximum Gasteiger partial charge on any atom is 0.302 e. The quantitative estimate of drug-likeness (QED) is 0.337. The molecule has 2 aliphatic heterocycles. The molecule has 0 radical (unpaired) electrons. The number of aryl methyl sites for hydroxylation is 2. The Labute approximate surface area is 208 Å². The van der Waals surface area contributed by atoms with Crippen molar-refractivity contribution in [1.29, 1.82) is 0 Å². The van der Waals surface area contributed by atoms with Crippen LogP contribution in [-0.4, -0.2) is 33.5 Å². The zero-order valence-corrected chi connectivity index (χ0v) is 20.1. The van der Waals surface area contributed by atoms with Gasteiger partial charge in [0.15, 0.2) is 0 Å². The third kappa shape index (κ3) is 3.71. The van der Waals surface area contributed by atoms with Gasteiger partial charge in [-0.25, -0.2) is 0 Å². The van der Waals surface area contributed by atoms with E-state index in [9.17, 15) is 14.4 Å². The first kappa shape index (κ1) is 22.3. The summed E-state index contributed by atoms with van der Waals surface area (Å²) >= 11 is 0. The van der Waals surface area contributed by atoms with Crippen molar-refractivity contribution in [3.63, 3.8) is 0 Å². The van der Waals surface area contributed by atoms with Crippen LogP contribution in [0.4, 0.5) is 0 Å². The minimum absolute atomic E-state index is 0.217. The minimum Gasteiger partial charge on any atom is -0.466 e. The first-order valence-corrected chi connectivity index (χ1v) is 12.4. The second-order valence-electron chi connectivity index (χ2n) is 9.64. The number of aromatic nitrogens is 2. The maximum absolute atomic E-state index is 13.2. The predicted octanol–water partition coefficient (Wildman–Crippen LogP) is 4.53. The highest BCUT2D eigenvalue weighted by molar-refractivity contribution is 6.50. The number of imide groups is 1. The maximum atomic E-state index is 13.2. The van der Waals surface area contributed by atoms with Crippen molar-refractivity contribution in [2.24, 2.45) is 5.92 Å². The molecule has 0 spiro atoms. The smallest absolute Gasteiger partial charge is 0.302 e. The molecule has 1 unspecified atom stereocenters. The number of esters is 1. The highest BCUT2D eigenvalue weighted by Crippen LogP contribution is 2.39. The number of nitrogens with zero attached hydrogens (tertiary/aromatic N) is 2. The molecule has 0 saturated carbocycles. The van der Waals surface area contributed by atoms with E-state index in [0.29, 0.717) is 17.8 Å². The molecule has 2 amide bonds. The lowest BCUT2D eigenvalue weighted by molar-refractivity contribution is -0.142. The van der Waals surface area contributed by atoms with E-state index < -0.39 is 0 Å². The zero-order chi connectivity index (χ0) is 24.8. The molecule has 2 aromatic carbocycles. The Balaban J connectivity index is 1.58. The molecule has 182 valence electrons. The number of para-hydroxylation sites is 2. The summed E-state index contributed by atoms with van der Waals surface area (Å²) in [6, 6.07) is 16.0. The van der Waals surface area contributed by atoms with Gasteiger partial charge in [-0.1, -0.05) is 36.4 Å². The van der Waals surface area contributed by atoms with Gasteiger partial charge >= 0.3 is 5.97 Å². The van der Waals surface area contributed by atoms with E-state index in [1.807, 2.05) is 60.9 Å². The first-order valence-electron chi connectivity index (χ1n) is 12.4. The summed E-state index contributed by atoms with van der Waals surface area (Å²) in [4.78, 5) is 37.9.